The highest BCUT2D eigenvalue weighted by Crippen LogP contribution is 2.30. The molecule has 0 bridgehead atoms. The second kappa shape index (κ2) is 6.83. The highest BCUT2D eigenvalue weighted by Gasteiger charge is 2.09. The van der Waals surface area contributed by atoms with E-state index >= 15 is 0 Å². The van der Waals surface area contributed by atoms with Gasteiger partial charge in [-0.1, -0.05) is 0 Å². The van der Waals surface area contributed by atoms with Gasteiger partial charge in [0.05, 0.1) is 17.7 Å². The lowest BCUT2D eigenvalue weighted by Gasteiger charge is -2.06. The number of nitrogens with one attached hydrogen (secondary N) is 1. The number of hydrogen-bond acceptors (Lipinski definition) is 6. The average Bonchev–Trinajstić information content (AvgIpc) is 3.03. The molecule has 130 valence electrons. The van der Waals surface area contributed by atoms with E-state index in [9.17, 15) is 8.42 Å². The number of nitrogens with two attached hydrogens (primary N) is 1. The normalized spacial score (nSPS) is 11.3. The van der Waals surface area contributed by atoms with Gasteiger partial charge in [-0.15, -0.1) is 11.3 Å². The second-order valence-corrected chi connectivity index (χ2v) is 7.84. The third-order valence-corrected chi connectivity index (χ3v) is 5.32. The number of nitrogens with zero attached hydrogens (tertiary/aromatic N) is 1. The molecule has 0 unspecified atom stereocenters. The number of aromatic nitrogens is 1. The lowest BCUT2D eigenvalue weighted by molar-refractivity contribution is 0.412. The smallest absolute Gasteiger partial charge is 0.238 e. The average molecular weight is 375 g/mol. The van der Waals surface area contributed by atoms with E-state index < -0.39 is 10.0 Å². The van der Waals surface area contributed by atoms with E-state index in [1.807, 2.05) is 30.5 Å². The van der Waals surface area contributed by atoms with Crippen molar-refractivity contribution in [3.8, 4) is 17.0 Å². The van der Waals surface area contributed by atoms with Crippen LogP contribution in [0.15, 0.2) is 52.7 Å². The Morgan fingerprint density at radius 1 is 1.16 bits per heavy atom. The molecule has 3 aromatic rings. The molecule has 1 heterocycles. The van der Waals surface area contributed by atoms with Gasteiger partial charge in [0, 0.05) is 16.6 Å². The van der Waals surface area contributed by atoms with Crippen LogP contribution in [-0.4, -0.2) is 20.5 Å². The zero-order chi connectivity index (χ0) is 18.0. The molecular formula is C17H17N3O3S2. The summed E-state index contributed by atoms with van der Waals surface area (Å²) in [6, 6.07) is 12.1. The molecule has 3 rings (SSSR count). The number of primary sulfonamides is 1. The number of ether oxygens (including phenoxy) is 1. The monoisotopic (exact) mass is 375 g/mol. The molecule has 3 N–H and O–H groups in total. The van der Waals surface area contributed by atoms with Crippen LogP contribution < -0.4 is 15.2 Å². The van der Waals surface area contributed by atoms with Crippen LogP contribution in [0.5, 0.6) is 5.75 Å². The molecule has 1 aromatic heterocycles. The van der Waals surface area contributed by atoms with Crippen LogP contribution >= 0.6 is 11.3 Å². The van der Waals surface area contributed by atoms with Crippen molar-refractivity contribution in [3.63, 3.8) is 0 Å². The molecule has 0 atom stereocenters. The summed E-state index contributed by atoms with van der Waals surface area (Å²) >= 11 is 1.47. The number of anilines is 2. The quantitative estimate of drug-likeness (QED) is 0.711. The summed E-state index contributed by atoms with van der Waals surface area (Å²) in [7, 11) is -2.04. The summed E-state index contributed by atoms with van der Waals surface area (Å²) in [5.41, 5.74) is 3.65. The number of benzene rings is 2. The molecule has 0 aliphatic rings. The van der Waals surface area contributed by atoms with Crippen LogP contribution in [0.25, 0.3) is 11.3 Å². The highest BCUT2D eigenvalue weighted by atomic mass is 32.2. The van der Waals surface area contributed by atoms with E-state index in [2.05, 4.69) is 10.3 Å². The summed E-state index contributed by atoms with van der Waals surface area (Å²) in [4.78, 5) is 4.64. The molecule has 0 spiro atoms. The maximum Gasteiger partial charge on any atom is 0.238 e. The van der Waals surface area contributed by atoms with Gasteiger partial charge in [-0.05, 0) is 55.0 Å². The van der Waals surface area contributed by atoms with Crippen molar-refractivity contribution >= 4 is 32.2 Å². The first-order valence-corrected chi connectivity index (χ1v) is 9.80. The molecule has 0 aliphatic heterocycles. The van der Waals surface area contributed by atoms with Crippen LogP contribution in [0, 0.1) is 6.92 Å². The van der Waals surface area contributed by atoms with Crippen molar-refractivity contribution < 1.29 is 13.2 Å². The Hall–Kier alpha value is -2.42. The molecule has 25 heavy (non-hydrogen) atoms. The Balaban J connectivity index is 1.79. The summed E-state index contributed by atoms with van der Waals surface area (Å²) in [5, 5.41) is 10.9. The van der Waals surface area contributed by atoms with Gasteiger partial charge in [-0.2, -0.15) is 0 Å². The Labute approximate surface area is 150 Å². The van der Waals surface area contributed by atoms with E-state index in [1.54, 1.807) is 19.2 Å². The van der Waals surface area contributed by atoms with Crippen LogP contribution in [0.3, 0.4) is 0 Å². The Kier molecular flexibility index (Phi) is 4.76. The Bertz CT molecular complexity index is 996. The lowest BCUT2D eigenvalue weighted by Crippen LogP contribution is -2.11. The van der Waals surface area contributed by atoms with Gasteiger partial charge in [0.1, 0.15) is 5.75 Å². The van der Waals surface area contributed by atoms with Gasteiger partial charge >= 0.3 is 0 Å². The van der Waals surface area contributed by atoms with Crippen LogP contribution in [0.2, 0.25) is 0 Å². The standard InChI is InChI=1S/C17H17N3O3S2/c1-11-9-12(3-8-16(11)23-2)15-10-24-17(20-15)19-13-4-6-14(7-5-13)25(18,21)22/h3-10H,1-2H3,(H,19,20)(H2,18,21,22). The van der Waals surface area contributed by atoms with Crippen molar-refractivity contribution in [1.82, 2.24) is 4.98 Å². The second-order valence-electron chi connectivity index (χ2n) is 5.42. The number of thiazole rings is 1. The van der Waals surface area contributed by atoms with Crippen molar-refractivity contribution in [2.75, 3.05) is 12.4 Å². The van der Waals surface area contributed by atoms with Crippen molar-refractivity contribution in [1.29, 1.82) is 0 Å². The minimum atomic E-state index is -3.69. The fourth-order valence-electron chi connectivity index (χ4n) is 2.35. The van der Waals surface area contributed by atoms with Gasteiger partial charge in [0.25, 0.3) is 0 Å². The predicted octanol–water partition coefficient (Wildman–Crippen LogP) is 3.52. The van der Waals surface area contributed by atoms with E-state index in [4.69, 9.17) is 9.88 Å². The first-order valence-electron chi connectivity index (χ1n) is 7.37. The number of rotatable bonds is 5. The number of aryl methyl sites for hydroxylation is 1. The lowest BCUT2D eigenvalue weighted by atomic mass is 10.1. The number of hydrogen-bond donors (Lipinski definition) is 2. The van der Waals surface area contributed by atoms with Gasteiger partial charge in [0.15, 0.2) is 5.13 Å². The van der Waals surface area contributed by atoms with Crippen molar-refractivity contribution in [2.24, 2.45) is 5.14 Å². The van der Waals surface area contributed by atoms with E-state index in [1.165, 1.54) is 23.5 Å². The molecule has 0 radical (unpaired) electrons. The largest absolute Gasteiger partial charge is 0.496 e. The van der Waals surface area contributed by atoms with Crippen LogP contribution in [0.1, 0.15) is 5.56 Å². The minimum absolute atomic E-state index is 0.0755. The van der Waals surface area contributed by atoms with E-state index in [0.29, 0.717) is 5.13 Å². The van der Waals surface area contributed by atoms with E-state index in [0.717, 1.165) is 28.3 Å². The van der Waals surface area contributed by atoms with Crippen molar-refractivity contribution in [3.05, 3.63) is 53.4 Å². The molecular weight excluding hydrogens is 358 g/mol. The maximum atomic E-state index is 11.3. The summed E-state index contributed by atoms with van der Waals surface area (Å²) in [6.45, 7) is 1.99. The van der Waals surface area contributed by atoms with Gasteiger partial charge in [-0.25, -0.2) is 18.5 Å². The fraction of sp³-hybridized carbons (Fsp3) is 0.118. The fourth-order valence-corrected chi connectivity index (χ4v) is 3.61. The summed E-state index contributed by atoms with van der Waals surface area (Å²) in [6.07, 6.45) is 0. The molecule has 2 aromatic carbocycles. The SMILES string of the molecule is COc1ccc(-c2csc(Nc3ccc(S(N)(=O)=O)cc3)n2)cc1C. The molecule has 0 saturated heterocycles. The Morgan fingerprint density at radius 3 is 2.48 bits per heavy atom. The van der Waals surface area contributed by atoms with Crippen LogP contribution in [-0.2, 0) is 10.0 Å². The first kappa shape index (κ1) is 17.4. The van der Waals surface area contributed by atoms with Crippen LogP contribution in [0.4, 0.5) is 10.8 Å². The molecule has 0 aliphatic carbocycles. The third kappa shape index (κ3) is 3.98. The van der Waals surface area contributed by atoms with Crippen molar-refractivity contribution in [2.45, 2.75) is 11.8 Å². The molecule has 6 nitrogen and oxygen atoms in total. The third-order valence-electron chi connectivity index (χ3n) is 3.63. The minimum Gasteiger partial charge on any atom is -0.496 e. The van der Waals surface area contributed by atoms with E-state index in [-0.39, 0.29) is 4.90 Å². The number of methoxy groups -OCH3 is 1. The zero-order valence-corrected chi connectivity index (χ0v) is 15.3. The predicted molar refractivity (Wildman–Crippen MR) is 99.9 cm³/mol. The maximum absolute atomic E-state index is 11.3. The topological polar surface area (TPSA) is 94.3 Å². The molecule has 0 saturated carbocycles. The Morgan fingerprint density at radius 2 is 1.88 bits per heavy atom. The summed E-state index contributed by atoms with van der Waals surface area (Å²) < 4.78 is 27.8. The van der Waals surface area contributed by atoms with Gasteiger partial charge in [0.2, 0.25) is 10.0 Å². The summed E-state index contributed by atoms with van der Waals surface area (Å²) in [5.74, 6) is 0.840. The first-order chi connectivity index (χ1) is 11.9. The molecule has 8 heteroatoms. The number of sulfonamides is 1. The molecule has 0 fully saturated rings. The molecule has 0 amide bonds. The van der Waals surface area contributed by atoms with Gasteiger partial charge < -0.3 is 10.1 Å². The highest BCUT2D eigenvalue weighted by molar-refractivity contribution is 7.89. The zero-order valence-electron chi connectivity index (χ0n) is 13.7. The van der Waals surface area contributed by atoms with Gasteiger partial charge in [-0.3, -0.25) is 0 Å².